The molecule has 3 N–H and O–H groups in total. The molecule has 0 saturated carbocycles. The summed E-state index contributed by atoms with van der Waals surface area (Å²) >= 11 is 0. The molecule has 0 radical (unpaired) electrons. The van der Waals surface area contributed by atoms with E-state index in [2.05, 4.69) is 15.3 Å². The Morgan fingerprint density at radius 2 is 2.20 bits per heavy atom. The van der Waals surface area contributed by atoms with Crippen LogP contribution in [0.25, 0.3) is 0 Å². The van der Waals surface area contributed by atoms with Crippen LogP contribution in [-0.2, 0) is 4.79 Å². The minimum absolute atomic E-state index is 0.172. The number of nitrogens with one attached hydrogen (secondary N) is 2. The minimum atomic E-state index is -1.04. The number of imidazole rings is 1. The van der Waals surface area contributed by atoms with Crippen LogP contribution in [-0.4, -0.2) is 33.0 Å². The number of carboxylic acid groups (broad SMARTS) is 1. The molecule has 0 bridgehead atoms. The minimum Gasteiger partial charge on any atom is -0.480 e. The SMILES string of the molecule is CC(C)[C@H](NC(=O)c1cnc[nH]1)C(=O)O. The number of rotatable bonds is 4. The van der Waals surface area contributed by atoms with Crippen LogP contribution in [0, 0.1) is 5.92 Å². The summed E-state index contributed by atoms with van der Waals surface area (Å²) in [6, 6.07) is -0.888. The lowest BCUT2D eigenvalue weighted by Crippen LogP contribution is -2.44. The van der Waals surface area contributed by atoms with Gasteiger partial charge in [0, 0.05) is 0 Å². The van der Waals surface area contributed by atoms with Gasteiger partial charge in [-0.15, -0.1) is 0 Å². The van der Waals surface area contributed by atoms with Crippen molar-refractivity contribution in [3.63, 3.8) is 0 Å². The van der Waals surface area contributed by atoms with Crippen molar-refractivity contribution in [2.75, 3.05) is 0 Å². The highest BCUT2D eigenvalue weighted by Gasteiger charge is 2.24. The summed E-state index contributed by atoms with van der Waals surface area (Å²) in [6.07, 6.45) is 2.70. The highest BCUT2D eigenvalue weighted by atomic mass is 16.4. The first-order chi connectivity index (χ1) is 7.02. The van der Waals surface area contributed by atoms with Crippen LogP contribution in [0.4, 0.5) is 0 Å². The maximum absolute atomic E-state index is 11.5. The van der Waals surface area contributed by atoms with Gasteiger partial charge in [0.05, 0.1) is 12.5 Å². The Labute approximate surface area is 86.7 Å². The van der Waals surface area contributed by atoms with Crippen molar-refractivity contribution < 1.29 is 14.7 Å². The number of aliphatic carboxylic acids is 1. The van der Waals surface area contributed by atoms with Gasteiger partial charge >= 0.3 is 5.97 Å². The van der Waals surface area contributed by atoms with Crippen molar-refractivity contribution in [3.8, 4) is 0 Å². The van der Waals surface area contributed by atoms with E-state index in [9.17, 15) is 9.59 Å². The molecule has 0 aliphatic rings. The summed E-state index contributed by atoms with van der Waals surface area (Å²) in [5, 5.41) is 11.3. The third-order valence-corrected chi connectivity index (χ3v) is 1.96. The molecule has 1 rings (SSSR count). The molecule has 0 fully saturated rings. The van der Waals surface area contributed by atoms with E-state index >= 15 is 0 Å². The smallest absolute Gasteiger partial charge is 0.326 e. The predicted octanol–water partition coefficient (Wildman–Crippen LogP) is 0.249. The summed E-state index contributed by atoms with van der Waals surface area (Å²) in [5.41, 5.74) is 0.252. The lowest BCUT2D eigenvalue weighted by Gasteiger charge is -2.17. The first-order valence-electron chi connectivity index (χ1n) is 4.54. The van der Waals surface area contributed by atoms with Crippen molar-refractivity contribution in [1.29, 1.82) is 0 Å². The fourth-order valence-electron chi connectivity index (χ4n) is 1.11. The van der Waals surface area contributed by atoms with Crippen LogP contribution >= 0.6 is 0 Å². The number of aromatic amines is 1. The average molecular weight is 211 g/mol. The Balaban J connectivity index is 2.67. The molecule has 0 aromatic carbocycles. The number of nitrogens with zero attached hydrogens (tertiary/aromatic N) is 1. The fraction of sp³-hybridized carbons (Fsp3) is 0.444. The number of H-pyrrole nitrogens is 1. The Morgan fingerprint density at radius 1 is 1.53 bits per heavy atom. The van der Waals surface area contributed by atoms with Gasteiger partial charge in [-0.1, -0.05) is 13.8 Å². The van der Waals surface area contributed by atoms with Gasteiger partial charge in [0.15, 0.2) is 0 Å². The largest absolute Gasteiger partial charge is 0.480 e. The van der Waals surface area contributed by atoms with Gasteiger partial charge in [-0.3, -0.25) is 4.79 Å². The van der Waals surface area contributed by atoms with E-state index in [-0.39, 0.29) is 11.6 Å². The molecule has 0 saturated heterocycles. The zero-order valence-corrected chi connectivity index (χ0v) is 8.52. The lowest BCUT2D eigenvalue weighted by atomic mass is 10.0. The third kappa shape index (κ3) is 2.80. The van der Waals surface area contributed by atoms with E-state index in [1.807, 2.05) is 0 Å². The highest BCUT2D eigenvalue weighted by molar-refractivity contribution is 5.94. The third-order valence-electron chi connectivity index (χ3n) is 1.96. The molecular formula is C9H13N3O3. The predicted molar refractivity (Wildman–Crippen MR) is 52.3 cm³/mol. The van der Waals surface area contributed by atoms with Crippen molar-refractivity contribution in [2.45, 2.75) is 19.9 Å². The van der Waals surface area contributed by atoms with E-state index in [0.717, 1.165) is 0 Å². The standard InChI is InChI=1S/C9H13N3O3/c1-5(2)7(9(14)15)12-8(13)6-3-10-4-11-6/h3-5,7H,1-2H3,(H,10,11)(H,12,13)(H,14,15)/t7-/m0/s1. The Kier molecular flexibility index (Phi) is 3.43. The van der Waals surface area contributed by atoms with Gasteiger partial charge < -0.3 is 15.4 Å². The van der Waals surface area contributed by atoms with Gasteiger partial charge in [0.25, 0.3) is 5.91 Å². The molecule has 82 valence electrons. The van der Waals surface area contributed by atoms with Gasteiger partial charge in [-0.05, 0) is 5.92 Å². The molecule has 15 heavy (non-hydrogen) atoms. The molecule has 0 aliphatic heterocycles. The van der Waals surface area contributed by atoms with E-state index in [1.54, 1.807) is 13.8 Å². The number of amides is 1. The summed E-state index contributed by atoms with van der Waals surface area (Å²) in [5.74, 6) is -1.68. The molecule has 0 aliphatic carbocycles. The normalized spacial score (nSPS) is 12.5. The van der Waals surface area contributed by atoms with Crippen LogP contribution in [0.1, 0.15) is 24.3 Å². The lowest BCUT2D eigenvalue weighted by molar-refractivity contribution is -0.140. The van der Waals surface area contributed by atoms with E-state index in [0.29, 0.717) is 0 Å². The monoisotopic (exact) mass is 211 g/mol. The summed E-state index contributed by atoms with van der Waals surface area (Å²) < 4.78 is 0. The van der Waals surface area contributed by atoms with Gasteiger partial charge in [0.1, 0.15) is 11.7 Å². The number of carbonyl (C=O) groups is 2. The molecule has 1 amide bonds. The van der Waals surface area contributed by atoms with E-state index in [1.165, 1.54) is 12.5 Å². The molecule has 1 heterocycles. The van der Waals surface area contributed by atoms with Crippen LogP contribution in [0.5, 0.6) is 0 Å². The van der Waals surface area contributed by atoms with Crippen molar-refractivity contribution in [3.05, 3.63) is 18.2 Å². The Bertz CT molecular complexity index is 345. The zero-order chi connectivity index (χ0) is 11.4. The van der Waals surface area contributed by atoms with Crippen LogP contribution in [0.15, 0.2) is 12.5 Å². The fourth-order valence-corrected chi connectivity index (χ4v) is 1.11. The highest BCUT2D eigenvalue weighted by Crippen LogP contribution is 2.03. The van der Waals surface area contributed by atoms with Gasteiger partial charge in [0.2, 0.25) is 0 Å². The molecule has 1 aromatic heterocycles. The molecule has 1 atom stereocenters. The first kappa shape index (κ1) is 11.2. The Hall–Kier alpha value is -1.85. The van der Waals surface area contributed by atoms with E-state index < -0.39 is 17.9 Å². The van der Waals surface area contributed by atoms with Gasteiger partial charge in [-0.2, -0.15) is 0 Å². The van der Waals surface area contributed by atoms with Crippen LogP contribution < -0.4 is 5.32 Å². The molecular weight excluding hydrogens is 198 g/mol. The molecule has 0 unspecified atom stereocenters. The van der Waals surface area contributed by atoms with Gasteiger partial charge in [-0.25, -0.2) is 9.78 Å². The van der Waals surface area contributed by atoms with Crippen LogP contribution in [0.3, 0.4) is 0 Å². The van der Waals surface area contributed by atoms with Crippen molar-refractivity contribution in [1.82, 2.24) is 15.3 Å². The van der Waals surface area contributed by atoms with Crippen LogP contribution in [0.2, 0.25) is 0 Å². The molecule has 6 heteroatoms. The maximum Gasteiger partial charge on any atom is 0.326 e. The Morgan fingerprint density at radius 3 is 2.60 bits per heavy atom. The summed E-state index contributed by atoms with van der Waals surface area (Å²) in [6.45, 7) is 3.46. The van der Waals surface area contributed by atoms with Crippen molar-refractivity contribution in [2.24, 2.45) is 5.92 Å². The molecule has 1 aromatic rings. The topological polar surface area (TPSA) is 95.1 Å². The van der Waals surface area contributed by atoms with Crippen molar-refractivity contribution >= 4 is 11.9 Å². The summed E-state index contributed by atoms with van der Waals surface area (Å²) in [4.78, 5) is 28.6. The quantitative estimate of drug-likeness (QED) is 0.665. The average Bonchev–Trinajstić information content (AvgIpc) is 2.65. The summed E-state index contributed by atoms with van der Waals surface area (Å²) in [7, 11) is 0. The second-order valence-electron chi connectivity index (χ2n) is 3.50. The number of carbonyl (C=O) groups excluding carboxylic acids is 1. The second kappa shape index (κ2) is 4.59. The first-order valence-corrected chi connectivity index (χ1v) is 4.54. The zero-order valence-electron chi connectivity index (χ0n) is 8.52. The number of hydrogen-bond acceptors (Lipinski definition) is 3. The second-order valence-corrected chi connectivity index (χ2v) is 3.50. The van der Waals surface area contributed by atoms with E-state index in [4.69, 9.17) is 5.11 Å². The molecule has 0 spiro atoms. The number of aromatic nitrogens is 2. The maximum atomic E-state index is 11.5. The number of carboxylic acids is 1. The number of hydrogen-bond donors (Lipinski definition) is 3. The molecule has 6 nitrogen and oxygen atoms in total.